The highest BCUT2D eigenvalue weighted by atomic mass is 32.2. The SMILES string of the molecule is O=C(CSc1nnc(CN2CCCC2)n1-c1ccccc1)NCC(=O)N1CCCC1. The zero-order valence-corrected chi connectivity index (χ0v) is 17.9. The molecule has 2 aliphatic rings. The van der Waals surface area contributed by atoms with Crippen LogP contribution in [0.4, 0.5) is 0 Å². The Morgan fingerprint density at radius 3 is 2.40 bits per heavy atom. The lowest BCUT2D eigenvalue weighted by Gasteiger charge is -2.16. The van der Waals surface area contributed by atoms with E-state index in [4.69, 9.17) is 0 Å². The Labute approximate surface area is 181 Å². The molecule has 1 aromatic carbocycles. The number of amides is 2. The van der Waals surface area contributed by atoms with Gasteiger partial charge in [-0.2, -0.15) is 0 Å². The fourth-order valence-electron chi connectivity index (χ4n) is 3.91. The molecule has 2 fully saturated rings. The number of hydrogen-bond donors (Lipinski definition) is 1. The van der Waals surface area contributed by atoms with Crippen LogP contribution in [0, 0.1) is 0 Å². The lowest BCUT2D eigenvalue weighted by atomic mass is 10.3. The van der Waals surface area contributed by atoms with Crippen molar-refractivity contribution in [3.8, 4) is 5.69 Å². The summed E-state index contributed by atoms with van der Waals surface area (Å²) in [6.07, 6.45) is 4.53. The van der Waals surface area contributed by atoms with E-state index in [0.717, 1.165) is 57.1 Å². The lowest BCUT2D eigenvalue weighted by Crippen LogP contribution is -2.39. The van der Waals surface area contributed by atoms with Crippen molar-refractivity contribution in [1.82, 2.24) is 29.9 Å². The number of carbonyl (C=O) groups excluding carboxylic acids is 2. The van der Waals surface area contributed by atoms with Gasteiger partial charge in [0.05, 0.1) is 18.8 Å². The van der Waals surface area contributed by atoms with Crippen LogP contribution in [0.25, 0.3) is 5.69 Å². The highest BCUT2D eigenvalue weighted by Crippen LogP contribution is 2.23. The van der Waals surface area contributed by atoms with Crippen LogP contribution in [0.1, 0.15) is 31.5 Å². The molecule has 1 aromatic heterocycles. The van der Waals surface area contributed by atoms with Gasteiger partial charge in [0.2, 0.25) is 11.8 Å². The summed E-state index contributed by atoms with van der Waals surface area (Å²) >= 11 is 1.35. The maximum Gasteiger partial charge on any atom is 0.241 e. The standard InChI is InChI=1S/C21H28N6O2S/c28-19(22-14-20(29)26-12-6-7-13-26)16-30-21-24-23-18(15-25-10-4-5-11-25)27(21)17-8-2-1-3-9-17/h1-3,8-9H,4-7,10-16H2,(H,22,28). The molecule has 0 radical (unpaired) electrons. The summed E-state index contributed by atoms with van der Waals surface area (Å²) in [7, 11) is 0. The first-order valence-corrected chi connectivity index (χ1v) is 11.6. The minimum Gasteiger partial charge on any atom is -0.346 e. The van der Waals surface area contributed by atoms with E-state index in [2.05, 4.69) is 20.4 Å². The molecule has 0 saturated carbocycles. The zero-order valence-electron chi connectivity index (χ0n) is 17.1. The largest absolute Gasteiger partial charge is 0.346 e. The third-order valence-electron chi connectivity index (χ3n) is 5.51. The summed E-state index contributed by atoms with van der Waals surface area (Å²) < 4.78 is 2.03. The zero-order chi connectivity index (χ0) is 20.8. The topological polar surface area (TPSA) is 83.4 Å². The molecular weight excluding hydrogens is 400 g/mol. The maximum absolute atomic E-state index is 12.3. The minimum absolute atomic E-state index is 0.00815. The monoisotopic (exact) mass is 428 g/mol. The van der Waals surface area contributed by atoms with Gasteiger partial charge in [-0.15, -0.1) is 10.2 Å². The van der Waals surface area contributed by atoms with Gasteiger partial charge in [0, 0.05) is 18.8 Å². The number of likely N-dealkylation sites (tertiary alicyclic amines) is 2. The Morgan fingerprint density at radius 1 is 0.967 bits per heavy atom. The van der Waals surface area contributed by atoms with Gasteiger partial charge in [-0.05, 0) is 50.9 Å². The van der Waals surface area contributed by atoms with Crippen molar-refractivity contribution in [3.05, 3.63) is 36.2 Å². The highest BCUT2D eigenvalue weighted by Gasteiger charge is 2.21. The first kappa shape index (κ1) is 20.9. The van der Waals surface area contributed by atoms with E-state index in [-0.39, 0.29) is 24.1 Å². The summed E-state index contributed by atoms with van der Waals surface area (Å²) in [5.74, 6) is 0.903. The predicted molar refractivity (Wildman–Crippen MR) is 115 cm³/mol. The highest BCUT2D eigenvalue weighted by molar-refractivity contribution is 7.99. The van der Waals surface area contributed by atoms with E-state index in [9.17, 15) is 9.59 Å². The van der Waals surface area contributed by atoms with Gasteiger partial charge in [-0.3, -0.25) is 19.1 Å². The van der Waals surface area contributed by atoms with E-state index in [1.807, 2.05) is 39.8 Å². The van der Waals surface area contributed by atoms with Gasteiger partial charge in [-0.25, -0.2) is 0 Å². The number of benzene rings is 1. The molecule has 30 heavy (non-hydrogen) atoms. The Balaban J connectivity index is 1.38. The molecule has 1 N–H and O–H groups in total. The van der Waals surface area contributed by atoms with Gasteiger partial charge in [0.15, 0.2) is 11.0 Å². The normalized spacial score (nSPS) is 16.9. The molecular formula is C21H28N6O2S. The van der Waals surface area contributed by atoms with Crippen LogP contribution in [-0.2, 0) is 16.1 Å². The van der Waals surface area contributed by atoms with Crippen molar-refractivity contribution in [1.29, 1.82) is 0 Å². The molecule has 3 heterocycles. The fourth-order valence-corrected chi connectivity index (χ4v) is 4.71. The third-order valence-corrected chi connectivity index (χ3v) is 6.44. The molecule has 2 aliphatic heterocycles. The van der Waals surface area contributed by atoms with Crippen LogP contribution in [0.5, 0.6) is 0 Å². The van der Waals surface area contributed by atoms with Gasteiger partial charge in [0.1, 0.15) is 0 Å². The summed E-state index contributed by atoms with van der Waals surface area (Å²) in [5.41, 5.74) is 0.990. The maximum atomic E-state index is 12.3. The molecule has 0 unspecified atom stereocenters. The summed E-state index contributed by atoms with van der Waals surface area (Å²) in [6, 6.07) is 10.00. The summed E-state index contributed by atoms with van der Waals surface area (Å²) in [5, 5.41) is 12.2. The van der Waals surface area contributed by atoms with E-state index in [1.165, 1.54) is 24.6 Å². The minimum atomic E-state index is -0.170. The second-order valence-electron chi connectivity index (χ2n) is 7.71. The molecule has 0 aliphatic carbocycles. The number of hydrogen-bond acceptors (Lipinski definition) is 6. The van der Waals surface area contributed by atoms with Crippen LogP contribution < -0.4 is 5.32 Å². The molecule has 0 atom stereocenters. The Morgan fingerprint density at radius 2 is 1.67 bits per heavy atom. The Bertz CT molecular complexity index is 860. The second-order valence-corrected chi connectivity index (χ2v) is 8.65. The van der Waals surface area contributed by atoms with Crippen molar-refractivity contribution in [2.75, 3.05) is 38.5 Å². The molecule has 8 nitrogen and oxygen atoms in total. The molecule has 2 saturated heterocycles. The number of thioether (sulfide) groups is 1. The van der Waals surface area contributed by atoms with Gasteiger partial charge in [-0.1, -0.05) is 30.0 Å². The van der Waals surface area contributed by atoms with E-state index < -0.39 is 0 Å². The summed E-state index contributed by atoms with van der Waals surface area (Å²) in [4.78, 5) is 28.6. The predicted octanol–water partition coefficient (Wildman–Crippen LogP) is 1.69. The van der Waals surface area contributed by atoms with Crippen LogP contribution in [0.15, 0.2) is 35.5 Å². The number of rotatable bonds is 8. The van der Waals surface area contributed by atoms with Crippen molar-refractivity contribution in [2.45, 2.75) is 37.4 Å². The first-order chi connectivity index (χ1) is 14.7. The van der Waals surface area contributed by atoms with Crippen molar-refractivity contribution >= 4 is 23.6 Å². The molecule has 4 rings (SSSR count). The summed E-state index contributed by atoms with van der Waals surface area (Å²) in [6.45, 7) is 4.56. The average molecular weight is 429 g/mol. The van der Waals surface area contributed by atoms with E-state index in [1.54, 1.807) is 0 Å². The fraction of sp³-hybridized carbons (Fsp3) is 0.524. The average Bonchev–Trinajstić information content (AvgIpc) is 3.53. The van der Waals surface area contributed by atoms with E-state index in [0.29, 0.717) is 5.16 Å². The second kappa shape index (κ2) is 10.1. The third kappa shape index (κ3) is 5.20. The number of carbonyl (C=O) groups is 2. The number of nitrogens with zero attached hydrogens (tertiary/aromatic N) is 5. The Kier molecular flexibility index (Phi) is 7.01. The molecule has 160 valence electrons. The number of aromatic nitrogens is 3. The molecule has 0 spiro atoms. The van der Waals surface area contributed by atoms with Crippen LogP contribution in [0.2, 0.25) is 0 Å². The molecule has 0 bridgehead atoms. The van der Waals surface area contributed by atoms with Crippen molar-refractivity contribution < 1.29 is 9.59 Å². The number of nitrogens with one attached hydrogen (secondary N) is 1. The molecule has 2 amide bonds. The van der Waals surface area contributed by atoms with Crippen molar-refractivity contribution in [3.63, 3.8) is 0 Å². The quantitative estimate of drug-likeness (QED) is 0.645. The Hall–Kier alpha value is -2.39. The molecule has 9 heteroatoms. The van der Waals surface area contributed by atoms with Crippen LogP contribution in [-0.4, -0.2) is 74.9 Å². The molecule has 2 aromatic rings. The van der Waals surface area contributed by atoms with Gasteiger partial charge in [0.25, 0.3) is 0 Å². The smallest absolute Gasteiger partial charge is 0.241 e. The van der Waals surface area contributed by atoms with Crippen LogP contribution >= 0.6 is 11.8 Å². The lowest BCUT2D eigenvalue weighted by molar-refractivity contribution is -0.131. The first-order valence-electron chi connectivity index (χ1n) is 10.6. The number of para-hydroxylation sites is 1. The van der Waals surface area contributed by atoms with E-state index >= 15 is 0 Å². The van der Waals surface area contributed by atoms with Gasteiger partial charge >= 0.3 is 0 Å². The van der Waals surface area contributed by atoms with Gasteiger partial charge < -0.3 is 10.2 Å². The van der Waals surface area contributed by atoms with Crippen molar-refractivity contribution in [2.24, 2.45) is 0 Å². The van der Waals surface area contributed by atoms with Crippen LogP contribution in [0.3, 0.4) is 0 Å².